The normalized spacial score (nSPS) is 17.6. The SMILES string of the molecule is CC(C)N(C1=C(c2ccccc2)N(C(C(F)(F)F)C(F)(F)F)C(C)(C)N1C(C)C)C(C)C. The molecule has 0 unspecified atom stereocenters. The minimum Gasteiger partial charge on any atom is -0.352 e. The molecular formula is C23H33F6N3. The zero-order valence-corrected chi connectivity index (χ0v) is 19.8. The van der Waals surface area contributed by atoms with Crippen LogP contribution in [-0.4, -0.2) is 56.9 Å². The van der Waals surface area contributed by atoms with E-state index in [1.54, 1.807) is 49.1 Å². The van der Waals surface area contributed by atoms with Gasteiger partial charge in [0, 0.05) is 23.7 Å². The number of rotatable bonds is 6. The Labute approximate surface area is 186 Å². The van der Waals surface area contributed by atoms with Crippen LogP contribution in [0.2, 0.25) is 0 Å². The van der Waals surface area contributed by atoms with E-state index in [2.05, 4.69) is 0 Å². The molecule has 1 heterocycles. The first kappa shape index (κ1) is 26.2. The van der Waals surface area contributed by atoms with Crippen molar-refractivity contribution < 1.29 is 26.3 Å². The molecule has 0 saturated heterocycles. The molecule has 0 fully saturated rings. The average molecular weight is 466 g/mol. The molecule has 0 aromatic heterocycles. The van der Waals surface area contributed by atoms with Crippen LogP contribution >= 0.6 is 0 Å². The summed E-state index contributed by atoms with van der Waals surface area (Å²) in [4.78, 5) is 4.10. The Balaban J connectivity index is 3.04. The number of benzene rings is 1. The van der Waals surface area contributed by atoms with E-state index in [9.17, 15) is 26.3 Å². The molecule has 0 radical (unpaired) electrons. The number of halogens is 6. The Hall–Kier alpha value is -2.06. The molecule has 0 bridgehead atoms. The molecule has 1 aromatic rings. The van der Waals surface area contributed by atoms with Crippen LogP contribution in [0.1, 0.15) is 61.0 Å². The van der Waals surface area contributed by atoms with Crippen molar-refractivity contribution in [2.75, 3.05) is 0 Å². The third kappa shape index (κ3) is 4.66. The van der Waals surface area contributed by atoms with Crippen LogP contribution in [0.5, 0.6) is 0 Å². The van der Waals surface area contributed by atoms with Gasteiger partial charge in [-0.15, -0.1) is 0 Å². The summed E-state index contributed by atoms with van der Waals surface area (Å²) < 4.78 is 84.3. The molecule has 1 aliphatic heterocycles. The van der Waals surface area contributed by atoms with Crippen molar-refractivity contribution in [1.29, 1.82) is 0 Å². The molecule has 0 atom stereocenters. The maximum Gasteiger partial charge on any atom is 0.417 e. The highest BCUT2D eigenvalue weighted by Crippen LogP contribution is 2.52. The minimum atomic E-state index is -5.52. The largest absolute Gasteiger partial charge is 0.417 e. The van der Waals surface area contributed by atoms with Crippen LogP contribution in [0, 0.1) is 0 Å². The van der Waals surface area contributed by atoms with E-state index in [1.807, 2.05) is 32.6 Å². The van der Waals surface area contributed by atoms with Gasteiger partial charge in [0.05, 0.1) is 5.70 Å². The van der Waals surface area contributed by atoms with Crippen molar-refractivity contribution >= 4 is 5.70 Å². The van der Waals surface area contributed by atoms with Gasteiger partial charge < -0.3 is 14.7 Å². The molecule has 0 saturated carbocycles. The van der Waals surface area contributed by atoms with Gasteiger partial charge >= 0.3 is 12.4 Å². The summed E-state index contributed by atoms with van der Waals surface area (Å²) in [6.07, 6.45) is -11.0. The molecule has 0 amide bonds. The van der Waals surface area contributed by atoms with Gasteiger partial charge in [0.15, 0.2) is 0 Å². The molecule has 3 nitrogen and oxygen atoms in total. The predicted octanol–water partition coefficient (Wildman–Crippen LogP) is 6.69. The quantitative estimate of drug-likeness (QED) is 0.434. The van der Waals surface area contributed by atoms with Gasteiger partial charge in [0.2, 0.25) is 6.04 Å². The second-order valence-electron chi connectivity index (χ2n) is 9.45. The molecule has 0 N–H and O–H groups in total. The van der Waals surface area contributed by atoms with Crippen LogP contribution in [0.15, 0.2) is 36.2 Å². The summed E-state index contributed by atoms with van der Waals surface area (Å²) in [6.45, 7) is 13.9. The zero-order chi connectivity index (χ0) is 24.8. The van der Waals surface area contributed by atoms with Crippen LogP contribution in [0.3, 0.4) is 0 Å². The van der Waals surface area contributed by atoms with E-state index >= 15 is 0 Å². The van der Waals surface area contributed by atoms with E-state index in [-0.39, 0.29) is 23.8 Å². The summed E-state index contributed by atoms with van der Waals surface area (Å²) in [6, 6.07) is 3.72. The van der Waals surface area contributed by atoms with E-state index in [4.69, 9.17) is 0 Å². The summed E-state index contributed by atoms with van der Waals surface area (Å²) in [5.74, 6) is 0.375. The first-order valence-electron chi connectivity index (χ1n) is 10.7. The lowest BCUT2D eigenvalue weighted by molar-refractivity contribution is -0.292. The van der Waals surface area contributed by atoms with Gasteiger partial charge in [-0.05, 0) is 55.4 Å². The van der Waals surface area contributed by atoms with Gasteiger partial charge in [-0.25, -0.2) is 0 Å². The van der Waals surface area contributed by atoms with Crippen LogP contribution in [0.4, 0.5) is 26.3 Å². The number of hydrogen-bond acceptors (Lipinski definition) is 3. The Morgan fingerprint density at radius 3 is 1.53 bits per heavy atom. The molecule has 182 valence electrons. The van der Waals surface area contributed by atoms with E-state index in [0.717, 1.165) is 0 Å². The third-order valence-electron chi connectivity index (χ3n) is 5.66. The minimum absolute atomic E-state index is 0.0636. The van der Waals surface area contributed by atoms with Crippen molar-refractivity contribution in [2.24, 2.45) is 0 Å². The molecule has 2 rings (SSSR count). The number of nitrogens with zero attached hydrogens (tertiary/aromatic N) is 3. The van der Waals surface area contributed by atoms with Crippen molar-refractivity contribution in [3.8, 4) is 0 Å². The predicted molar refractivity (Wildman–Crippen MR) is 114 cm³/mol. The first-order chi connectivity index (χ1) is 14.4. The summed E-state index contributed by atoms with van der Waals surface area (Å²) in [7, 11) is 0. The second kappa shape index (κ2) is 8.71. The van der Waals surface area contributed by atoms with Crippen LogP contribution in [0.25, 0.3) is 5.70 Å². The molecule has 32 heavy (non-hydrogen) atoms. The molecular weight excluding hydrogens is 432 g/mol. The van der Waals surface area contributed by atoms with Crippen LogP contribution < -0.4 is 0 Å². The van der Waals surface area contributed by atoms with Gasteiger partial charge in [-0.1, -0.05) is 30.3 Å². The Bertz CT molecular complexity index is 787. The average Bonchev–Trinajstić information content (AvgIpc) is 2.80. The number of alkyl halides is 6. The van der Waals surface area contributed by atoms with Gasteiger partial charge in [-0.2, -0.15) is 26.3 Å². The smallest absolute Gasteiger partial charge is 0.352 e. The van der Waals surface area contributed by atoms with E-state index in [0.29, 0.717) is 16.3 Å². The highest BCUT2D eigenvalue weighted by molar-refractivity contribution is 5.70. The lowest BCUT2D eigenvalue weighted by Gasteiger charge is -2.49. The molecule has 0 spiro atoms. The van der Waals surface area contributed by atoms with Crippen molar-refractivity contribution in [3.63, 3.8) is 0 Å². The first-order valence-corrected chi connectivity index (χ1v) is 10.7. The van der Waals surface area contributed by atoms with Gasteiger partial charge in [0.1, 0.15) is 11.5 Å². The monoisotopic (exact) mass is 465 g/mol. The Morgan fingerprint density at radius 1 is 0.750 bits per heavy atom. The molecule has 1 aliphatic rings. The highest BCUT2D eigenvalue weighted by Gasteiger charge is 2.66. The van der Waals surface area contributed by atoms with Crippen molar-refractivity contribution in [1.82, 2.24) is 14.7 Å². The Kier molecular flexibility index (Phi) is 7.13. The molecule has 9 heteroatoms. The van der Waals surface area contributed by atoms with Gasteiger partial charge in [0.25, 0.3) is 0 Å². The second-order valence-corrected chi connectivity index (χ2v) is 9.45. The van der Waals surface area contributed by atoms with E-state index in [1.165, 1.54) is 13.8 Å². The fourth-order valence-corrected chi connectivity index (χ4v) is 4.87. The van der Waals surface area contributed by atoms with Gasteiger partial charge in [-0.3, -0.25) is 0 Å². The zero-order valence-electron chi connectivity index (χ0n) is 19.8. The third-order valence-corrected chi connectivity index (χ3v) is 5.66. The highest BCUT2D eigenvalue weighted by atomic mass is 19.4. The fraction of sp³-hybridized carbons (Fsp3) is 0.652. The topological polar surface area (TPSA) is 9.72 Å². The maximum atomic E-state index is 14.1. The summed E-state index contributed by atoms with van der Waals surface area (Å²) in [5.41, 5.74) is -1.36. The summed E-state index contributed by atoms with van der Waals surface area (Å²) in [5, 5.41) is 0. The summed E-state index contributed by atoms with van der Waals surface area (Å²) >= 11 is 0. The van der Waals surface area contributed by atoms with Crippen molar-refractivity contribution in [2.45, 2.75) is 97.6 Å². The fourth-order valence-electron chi connectivity index (χ4n) is 4.87. The molecule has 1 aromatic carbocycles. The lowest BCUT2D eigenvalue weighted by atomic mass is 10.0. The Morgan fingerprint density at radius 2 is 1.19 bits per heavy atom. The molecule has 0 aliphatic carbocycles. The standard InChI is InChI=1S/C23H33F6N3/c1-14(2)30(15(3)4)19-18(17-12-10-9-11-13-17)32(21(7,8)31(19)16(5)6)20(22(24,25)26)23(27,28)29/h9-16,20H,1-8H3. The van der Waals surface area contributed by atoms with Crippen LogP contribution in [-0.2, 0) is 0 Å². The maximum absolute atomic E-state index is 14.1. The van der Waals surface area contributed by atoms with Crippen molar-refractivity contribution in [3.05, 3.63) is 41.7 Å². The van der Waals surface area contributed by atoms with E-state index < -0.39 is 24.1 Å². The number of hydrogen-bond donors (Lipinski definition) is 0. The lowest BCUT2D eigenvalue weighted by Crippen LogP contribution is -2.63.